The summed E-state index contributed by atoms with van der Waals surface area (Å²) in [4.78, 5) is 24.5. The van der Waals surface area contributed by atoms with Gasteiger partial charge in [0.25, 0.3) is 5.91 Å². The first-order chi connectivity index (χ1) is 12.6. The van der Waals surface area contributed by atoms with Gasteiger partial charge in [0.05, 0.1) is 12.7 Å². The predicted octanol–water partition coefficient (Wildman–Crippen LogP) is 3.58. The second kappa shape index (κ2) is 9.61. The van der Waals surface area contributed by atoms with Crippen LogP contribution in [-0.2, 0) is 17.6 Å². The molecule has 0 bridgehead atoms. The summed E-state index contributed by atoms with van der Waals surface area (Å²) >= 11 is 0. The molecule has 0 aliphatic rings. The maximum Gasteiger partial charge on any atom is 0.255 e. The lowest BCUT2D eigenvalue weighted by molar-refractivity contribution is -0.116. The van der Waals surface area contributed by atoms with Crippen LogP contribution in [0.3, 0.4) is 0 Å². The van der Waals surface area contributed by atoms with Crippen molar-refractivity contribution < 1.29 is 14.3 Å². The van der Waals surface area contributed by atoms with Crippen molar-refractivity contribution in [2.45, 2.75) is 33.1 Å². The van der Waals surface area contributed by atoms with Crippen LogP contribution in [0.2, 0.25) is 0 Å². The summed E-state index contributed by atoms with van der Waals surface area (Å²) in [6, 6.07) is 13.1. The Hall–Kier alpha value is -2.82. The molecule has 0 saturated carbocycles. The average Bonchev–Trinajstić information content (AvgIpc) is 2.67. The highest BCUT2D eigenvalue weighted by molar-refractivity contribution is 5.97. The highest BCUT2D eigenvalue weighted by Crippen LogP contribution is 2.22. The molecule has 0 atom stereocenters. The second-order valence-electron chi connectivity index (χ2n) is 5.91. The van der Waals surface area contributed by atoms with Gasteiger partial charge in [0.15, 0.2) is 0 Å². The van der Waals surface area contributed by atoms with Gasteiger partial charge in [-0.25, -0.2) is 0 Å². The van der Waals surface area contributed by atoms with Gasteiger partial charge in [-0.1, -0.05) is 44.2 Å². The fourth-order valence-electron chi connectivity index (χ4n) is 2.82. The summed E-state index contributed by atoms with van der Waals surface area (Å²) in [6.07, 6.45) is 1.92. The Morgan fingerprint density at radius 3 is 2.23 bits per heavy atom. The van der Waals surface area contributed by atoms with Gasteiger partial charge in [0.2, 0.25) is 5.91 Å². The molecule has 2 amide bonds. The summed E-state index contributed by atoms with van der Waals surface area (Å²) in [5, 5.41) is 5.77. The fourth-order valence-corrected chi connectivity index (χ4v) is 2.82. The molecule has 5 heteroatoms. The molecule has 0 heterocycles. The number of para-hydroxylation sites is 2. The van der Waals surface area contributed by atoms with Crippen LogP contribution in [0.5, 0.6) is 5.75 Å². The molecule has 0 aromatic heterocycles. The van der Waals surface area contributed by atoms with E-state index in [4.69, 9.17) is 4.74 Å². The van der Waals surface area contributed by atoms with Crippen molar-refractivity contribution in [2.75, 3.05) is 19.0 Å². The third kappa shape index (κ3) is 4.85. The number of benzene rings is 2. The zero-order valence-corrected chi connectivity index (χ0v) is 15.6. The van der Waals surface area contributed by atoms with Gasteiger partial charge in [-0.2, -0.15) is 0 Å². The van der Waals surface area contributed by atoms with Gasteiger partial charge in [-0.05, 0) is 36.1 Å². The lowest BCUT2D eigenvalue weighted by atomic mass is 10.0. The average molecular weight is 354 g/mol. The maximum atomic E-state index is 12.3. The van der Waals surface area contributed by atoms with Crippen molar-refractivity contribution in [3.8, 4) is 5.75 Å². The number of carbonyl (C=O) groups excluding carboxylic acids is 2. The molecule has 2 N–H and O–H groups in total. The zero-order valence-electron chi connectivity index (χ0n) is 15.6. The third-order valence-electron chi connectivity index (χ3n) is 4.25. The summed E-state index contributed by atoms with van der Waals surface area (Å²) < 4.78 is 5.18. The number of nitrogens with one attached hydrogen (secondary N) is 2. The van der Waals surface area contributed by atoms with Crippen LogP contribution in [0.1, 0.15) is 41.8 Å². The lowest BCUT2D eigenvalue weighted by Crippen LogP contribution is -2.28. The number of anilines is 1. The van der Waals surface area contributed by atoms with E-state index in [1.807, 2.05) is 18.2 Å². The van der Waals surface area contributed by atoms with Crippen LogP contribution < -0.4 is 15.4 Å². The standard InChI is InChI=1S/C21H26N2O3/c1-4-15-9-8-10-16(5-2)20(15)23-19(24)13-14-22-21(25)17-11-6-7-12-18(17)26-3/h6-12H,4-5,13-14H2,1-3H3,(H,22,25)(H,23,24). The number of amides is 2. The Balaban J connectivity index is 1.93. The molecule has 2 aromatic rings. The predicted molar refractivity (Wildman–Crippen MR) is 104 cm³/mol. The third-order valence-corrected chi connectivity index (χ3v) is 4.25. The number of hydrogen-bond acceptors (Lipinski definition) is 3. The van der Waals surface area contributed by atoms with Crippen molar-refractivity contribution in [2.24, 2.45) is 0 Å². The maximum absolute atomic E-state index is 12.3. The van der Waals surface area contributed by atoms with Crippen LogP contribution in [0.15, 0.2) is 42.5 Å². The molecule has 0 spiro atoms. The molecular weight excluding hydrogens is 328 g/mol. The summed E-state index contributed by atoms with van der Waals surface area (Å²) in [5.74, 6) is 0.151. The van der Waals surface area contributed by atoms with Crippen molar-refractivity contribution in [3.63, 3.8) is 0 Å². The van der Waals surface area contributed by atoms with E-state index < -0.39 is 0 Å². The van der Waals surface area contributed by atoms with Gasteiger partial charge in [-0.15, -0.1) is 0 Å². The highest BCUT2D eigenvalue weighted by atomic mass is 16.5. The number of hydrogen-bond donors (Lipinski definition) is 2. The van der Waals surface area contributed by atoms with Gasteiger partial charge in [-0.3, -0.25) is 9.59 Å². The minimum atomic E-state index is -0.251. The second-order valence-corrected chi connectivity index (χ2v) is 5.91. The molecule has 138 valence electrons. The van der Waals surface area contributed by atoms with E-state index in [0.717, 1.165) is 29.7 Å². The minimum absolute atomic E-state index is 0.110. The zero-order chi connectivity index (χ0) is 18.9. The van der Waals surface area contributed by atoms with E-state index in [1.165, 1.54) is 7.11 Å². The number of methoxy groups -OCH3 is 1. The number of ether oxygens (including phenoxy) is 1. The minimum Gasteiger partial charge on any atom is -0.496 e. The molecule has 0 aliphatic heterocycles. The molecular formula is C21H26N2O3. The number of rotatable bonds is 8. The topological polar surface area (TPSA) is 67.4 Å². The largest absolute Gasteiger partial charge is 0.496 e. The van der Waals surface area contributed by atoms with Crippen molar-refractivity contribution in [1.29, 1.82) is 0 Å². The molecule has 0 radical (unpaired) electrons. The molecule has 0 fully saturated rings. The van der Waals surface area contributed by atoms with Crippen molar-refractivity contribution in [1.82, 2.24) is 5.32 Å². The van der Waals surface area contributed by atoms with Crippen LogP contribution in [0.25, 0.3) is 0 Å². The highest BCUT2D eigenvalue weighted by Gasteiger charge is 2.13. The van der Waals surface area contributed by atoms with Crippen LogP contribution in [0.4, 0.5) is 5.69 Å². The van der Waals surface area contributed by atoms with Gasteiger partial charge >= 0.3 is 0 Å². The molecule has 0 saturated heterocycles. The Morgan fingerprint density at radius 2 is 1.62 bits per heavy atom. The fraction of sp³-hybridized carbons (Fsp3) is 0.333. The monoisotopic (exact) mass is 354 g/mol. The van der Waals surface area contributed by atoms with Gasteiger partial charge in [0.1, 0.15) is 5.75 Å². The quantitative estimate of drug-likeness (QED) is 0.761. The molecule has 0 unspecified atom stereocenters. The van der Waals surface area contributed by atoms with Crippen LogP contribution in [-0.4, -0.2) is 25.5 Å². The first-order valence-electron chi connectivity index (χ1n) is 8.92. The smallest absolute Gasteiger partial charge is 0.255 e. The summed E-state index contributed by atoms with van der Waals surface area (Å²) in [7, 11) is 1.52. The molecule has 0 aliphatic carbocycles. The number of carbonyl (C=O) groups is 2. The Kier molecular flexibility index (Phi) is 7.21. The normalized spacial score (nSPS) is 10.3. The van der Waals surface area contributed by atoms with Crippen molar-refractivity contribution in [3.05, 3.63) is 59.2 Å². The van der Waals surface area contributed by atoms with E-state index in [-0.39, 0.29) is 24.8 Å². The van der Waals surface area contributed by atoms with E-state index in [9.17, 15) is 9.59 Å². The Morgan fingerprint density at radius 1 is 0.962 bits per heavy atom. The van der Waals surface area contributed by atoms with E-state index >= 15 is 0 Å². The van der Waals surface area contributed by atoms with Gasteiger partial charge < -0.3 is 15.4 Å². The molecule has 26 heavy (non-hydrogen) atoms. The Labute approximate surface area is 154 Å². The lowest BCUT2D eigenvalue weighted by Gasteiger charge is -2.14. The van der Waals surface area contributed by atoms with Crippen LogP contribution >= 0.6 is 0 Å². The van der Waals surface area contributed by atoms with E-state index in [2.05, 4.69) is 24.5 Å². The molecule has 5 nitrogen and oxygen atoms in total. The SMILES string of the molecule is CCc1cccc(CC)c1NC(=O)CCNC(=O)c1ccccc1OC. The van der Waals surface area contributed by atoms with Gasteiger partial charge in [0, 0.05) is 18.7 Å². The number of aryl methyl sites for hydroxylation is 2. The first kappa shape index (κ1) is 19.5. The Bertz CT molecular complexity index is 749. The summed E-state index contributed by atoms with van der Waals surface area (Å²) in [5.41, 5.74) is 3.60. The van der Waals surface area contributed by atoms with E-state index in [1.54, 1.807) is 24.3 Å². The molecule has 2 rings (SSSR count). The summed E-state index contributed by atoms with van der Waals surface area (Å²) in [6.45, 7) is 4.40. The van der Waals surface area contributed by atoms with Crippen LogP contribution in [0, 0.1) is 0 Å². The van der Waals surface area contributed by atoms with Crippen molar-refractivity contribution >= 4 is 17.5 Å². The van der Waals surface area contributed by atoms with E-state index in [0.29, 0.717) is 11.3 Å². The molecule has 2 aromatic carbocycles. The first-order valence-corrected chi connectivity index (χ1v) is 8.92.